The minimum atomic E-state index is 0.252. The molecule has 0 aromatic heterocycles. The third-order valence-corrected chi connectivity index (χ3v) is 6.70. The highest BCUT2D eigenvalue weighted by Gasteiger charge is 2.25. The van der Waals surface area contributed by atoms with Crippen LogP contribution < -0.4 is 14.4 Å². The fourth-order valence-corrected chi connectivity index (χ4v) is 4.68. The number of rotatable bonds is 7. The van der Waals surface area contributed by atoms with Gasteiger partial charge in [0.05, 0.1) is 20.8 Å². The van der Waals surface area contributed by atoms with Gasteiger partial charge in [0.25, 0.3) is 0 Å². The molecule has 0 bridgehead atoms. The van der Waals surface area contributed by atoms with Crippen LogP contribution >= 0.6 is 0 Å². The number of hydrogen-bond acceptors (Lipinski definition) is 6. The van der Waals surface area contributed by atoms with Crippen LogP contribution in [0.5, 0.6) is 11.5 Å². The van der Waals surface area contributed by atoms with E-state index in [1.165, 1.54) is 11.3 Å². The van der Waals surface area contributed by atoms with Gasteiger partial charge in [-0.05, 0) is 42.8 Å². The van der Waals surface area contributed by atoms with Crippen molar-refractivity contribution in [3.63, 3.8) is 0 Å². The monoisotopic (exact) mass is 452 g/mol. The van der Waals surface area contributed by atoms with Gasteiger partial charge in [-0.25, -0.2) is 0 Å². The normalized spacial score (nSPS) is 17.8. The summed E-state index contributed by atoms with van der Waals surface area (Å²) in [6, 6.07) is 14.5. The summed E-state index contributed by atoms with van der Waals surface area (Å²) in [5, 5.41) is 0. The molecule has 2 aliphatic rings. The second-order valence-electron chi connectivity index (χ2n) is 8.94. The lowest BCUT2D eigenvalue weighted by atomic mass is 10.1. The van der Waals surface area contributed by atoms with E-state index in [-0.39, 0.29) is 5.91 Å². The van der Waals surface area contributed by atoms with Crippen molar-refractivity contribution in [1.29, 1.82) is 0 Å². The molecule has 2 fully saturated rings. The van der Waals surface area contributed by atoms with E-state index >= 15 is 0 Å². The highest BCUT2D eigenvalue weighted by Crippen LogP contribution is 2.25. The zero-order chi connectivity index (χ0) is 23.2. The van der Waals surface area contributed by atoms with Gasteiger partial charge in [0.2, 0.25) is 5.91 Å². The van der Waals surface area contributed by atoms with E-state index in [1.54, 1.807) is 14.2 Å². The topological polar surface area (TPSA) is 48.5 Å². The van der Waals surface area contributed by atoms with Gasteiger partial charge in [0, 0.05) is 70.2 Å². The maximum absolute atomic E-state index is 12.9. The van der Waals surface area contributed by atoms with E-state index in [9.17, 15) is 4.79 Å². The molecule has 0 spiro atoms. The Hall–Kier alpha value is -2.77. The van der Waals surface area contributed by atoms with Crippen LogP contribution in [0.25, 0.3) is 0 Å². The Morgan fingerprint density at radius 1 is 0.848 bits per heavy atom. The first-order valence-corrected chi connectivity index (χ1v) is 11.8. The number of hydrogen-bond donors (Lipinski definition) is 0. The highest BCUT2D eigenvalue weighted by molar-refractivity contribution is 5.78. The third kappa shape index (κ3) is 5.97. The molecule has 2 saturated heterocycles. The van der Waals surface area contributed by atoms with Crippen molar-refractivity contribution < 1.29 is 14.3 Å². The van der Waals surface area contributed by atoms with Crippen molar-refractivity contribution in [3.05, 3.63) is 53.6 Å². The van der Waals surface area contributed by atoms with Gasteiger partial charge in [-0.3, -0.25) is 14.6 Å². The number of aryl methyl sites for hydroxylation is 1. The van der Waals surface area contributed by atoms with Crippen LogP contribution in [0.4, 0.5) is 5.69 Å². The highest BCUT2D eigenvalue weighted by atomic mass is 16.5. The summed E-state index contributed by atoms with van der Waals surface area (Å²) in [5.74, 6) is 1.98. The van der Waals surface area contributed by atoms with E-state index < -0.39 is 0 Å². The van der Waals surface area contributed by atoms with Crippen LogP contribution in [0.3, 0.4) is 0 Å². The molecule has 0 saturated carbocycles. The summed E-state index contributed by atoms with van der Waals surface area (Å²) in [7, 11) is 3.39. The number of nitrogens with zero attached hydrogens (tertiary/aromatic N) is 4. The van der Waals surface area contributed by atoms with Gasteiger partial charge >= 0.3 is 0 Å². The summed E-state index contributed by atoms with van der Waals surface area (Å²) in [6.07, 6.45) is 0. The molecule has 4 rings (SSSR count). The molecule has 7 heteroatoms. The number of amides is 1. The van der Waals surface area contributed by atoms with Crippen molar-refractivity contribution >= 4 is 11.6 Å². The number of piperazine rings is 2. The quantitative estimate of drug-likeness (QED) is 0.643. The van der Waals surface area contributed by atoms with Gasteiger partial charge in [0.1, 0.15) is 11.5 Å². The second kappa shape index (κ2) is 10.9. The first-order chi connectivity index (χ1) is 16.1. The van der Waals surface area contributed by atoms with Gasteiger partial charge in [-0.1, -0.05) is 12.1 Å². The Kier molecular flexibility index (Phi) is 7.73. The van der Waals surface area contributed by atoms with E-state index in [4.69, 9.17) is 9.47 Å². The Labute approximate surface area is 197 Å². The SMILES string of the molecule is COc1ccc(OC)c(CN2CCN(CC(=O)N3CCN(c4cccc(C)c4)CC3)CC2)c1. The number of benzene rings is 2. The summed E-state index contributed by atoms with van der Waals surface area (Å²) < 4.78 is 10.9. The molecule has 1 amide bonds. The van der Waals surface area contributed by atoms with Gasteiger partial charge < -0.3 is 19.3 Å². The number of anilines is 1. The van der Waals surface area contributed by atoms with Crippen LogP contribution in [0.1, 0.15) is 11.1 Å². The Balaban J connectivity index is 1.22. The molecule has 0 radical (unpaired) electrons. The zero-order valence-electron chi connectivity index (χ0n) is 20.1. The molecular formula is C26H36N4O3. The molecule has 2 aromatic carbocycles. The Morgan fingerprint density at radius 2 is 1.58 bits per heavy atom. The number of carbonyl (C=O) groups excluding carboxylic acids is 1. The molecule has 0 atom stereocenters. The summed E-state index contributed by atoms with van der Waals surface area (Å²) in [6.45, 7) is 10.5. The van der Waals surface area contributed by atoms with Crippen LogP contribution in [0.15, 0.2) is 42.5 Å². The van der Waals surface area contributed by atoms with E-state index in [0.717, 1.165) is 76.0 Å². The van der Waals surface area contributed by atoms with Crippen molar-refractivity contribution in [1.82, 2.24) is 14.7 Å². The molecular weight excluding hydrogens is 416 g/mol. The van der Waals surface area contributed by atoms with Crippen molar-refractivity contribution in [3.8, 4) is 11.5 Å². The molecule has 33 heavy (non-hydrogen) atoms. The smallest absolute Gasteiger partial charge is 0.236 e. The molecule has 2 heterocycles. The summed E-state index contributed by atoms with van der Waals surface area (Å²) in [5.41, 5.74) is 3.66. The molecule has 2 aliphatic heterocycles. The number of carbonyl (C=O) groups is 1. The van der Waals surface area contributed by atoms with Gasteiger partial charge in [-0.2, -0.15) is 0 Å². The second-order valence-corrected chi connectivity index (χ2v) is 8.94. The maximum Gasteiger partial charge on any atom is 0.236 e. The van der Waals surface area contributed by atoms with Crippen molar-refractivity contribution in [2.75, 3.05) is 78.0 Å². The first kappa shape index (κ1) is 23.4. The Morgan fingerprint density at radius 3 is 2.24 bits per heavy atom. The van der Waals surface area contributed by atoms with Gasteiger partial charge in [-0.15, -0.1) is 0 Å². The molecule has 178 valence electrons. The average molecular weight is 453 g/mol. The molecule has 0 N–H and O–H groups in total. The minimum absolute atomic E-state index is 0.252. The molecule has 7 nitrogen and oxygen atoms in total. The summed E-state index contributed by atoms with van der Waals surface area (Å²) >= 11 is 0. The fourth-order valence-electron chi connectivity index (χ4n) is 4.68. The third-order valence-electron chi connectivity index (χ3n) is 6.70. The average Bonchev–Trinajstić information content (AvgIpc) is 2.85. The van der Waals surface area contributed by atoms with Crippen molar-refractivity contribution in [2.45, 2.75) is 13.5 Å². The van der Waals surface area contributed by atoms with Gasteiger partial charge in [0.15, 0.2) is 0 Å². The fraction of sp³-hybridized carbons (Fsp3) is 0.500. The van der Waals surface area contributed by atoms with Crippen LogP contribution in [0, 0.1) is 6.92 Å². The predicted octanol–water partition coefficient (Wildman–Crippen LogP) is 2.48. The largest absolute Gasteiger partial charge is 0.497 e. The lowest BCUT2D eigenvalue weighted by Gasteiger charge is -2.38. The van der Waals surface area contributed by atoms with Crippen LogP contribution in [-0.2, 0) is 11.3 Å². The molecule has 2 aromatic rings. The van der Waals surface area contributed by atoms with E-state index in [2.05, 4.69) is 45.9 Å². The lowest BCUT2D eigenvalue weighted by Crippen LogP contribution is -2.53. The Bertz CT molecular complexity index is 935. The van der Waals surface area contributed by atoms with Crippen LogP contribution in [0.2, 0.25) is 0 Å². The predicted molar refractivity (Wildman–Crippen MR) is 131 cm³/mol. The minimum Gasteiger partial charge on any atom is -0.497 e. The lowest BCUT2D eigenvalue weighted by molar-refractivity contribution is -0.133. The molecule has 0 unspecified atom stereocenters. The summed E-state index contributed by atoms with van der Waals surface area (Å²) in [4.78, 5) is 22.0. The number of ether oxygens (including phenoxy) is 2. The maximum atomic E-state index is 12.9. The van der Waals surface area contributed by atoms with E-state index in [0.29, 0.717) is 6.54 Å². The number of methoxy groups -OCH3 is 2. The standard InChI is InChI=1S/C26H36N4O3/c1-21-5-4-6-23(17-21)29-13-15-30(16-14-29)26(31)20-28-11-9-27(10-12-28)19-22-18-24(32-2)7-8-25(22)33-3/h4-8,17-18H,9-16,19-20H2,1-3H3. The van der Waals surface area contributed by atoms with E-state index in [1.807, 2.05) is 23.1 Å². The van der Waals surface area contributed by atoms with Crippen molar-refractivity contribution in [2.24, 2.45) is 0 Å². The van der Waals surface area contributed by atoms with Crippen LogP contribution in [-0.4, -0.2) is 93.7 Å². The molecule has 0 aliphatic carbocycles. The first-order valence-electron chi connectivity index (χ1n) is 11.8. The zero-order valence-corrected chi connectivity index (χ0v) is 20.1.